The number of urea groups is 1. The van der Waals surface area contributed by atoms with Crippen LogP contribution >= 0.6 is 0 Å². The van der Waals surface area contributed by atoms with Gasteiger partial charge in [-0.05, 0) is 50.0 Å². The number of hydrogen-bond acceptors (Lipinski definition) is 3. The fraction of sp³-hybridized carbons (Fsp3) is 0.632. The molecule has 0 radical (unpaired) electrons. The number of benzene rings is 1. The topological polar surface area (TPSA) is 70.6 Å². The van der Waals surface area contributed by atoms with Gasteiger partial charge in [-0.3, -0.25) is 0 Å². The van der Waals surface area contributed by atoms with Crippen molar-refractivity contribution in [1.82, 2.24) is 10.6 Å². The van der Waals surface area contributed by atoms with Gasteiger partial charge in [-0.25, -0.2) is 4.79 Å². The molecule has 5 heteroatoms. The summed E-state index contributed by atoms with van der Waals surface area (Å²) in [5.41, 5.74) is 0.917. The Morgan fingerprint density at radius 3 is 2.71 bits per heavy atom. The van der Waals surface area contributed by atoms with Gasteiger partial charge in [0.15, 0.2) is 0 Å². The van der Waals surface area contributed by atoms with Crippen LogP contribution in [0.4, 0.5) is 4.79 Å². The maximum absolute atomic E-state index is 12.5. The quantitative estimate of drug-likeness (QED) is 0.719. The molecular weight excluding hydrogens is 304 g/mol. The maximum atomic E-state index is 12.5. The van der Waals surface area contributed by atoms with Crippen LogP contribution in [0.3, 0.4) is 0 Å². The van der Waals surface area contributed by atoms with Gasteiger partial charge in [-0.2, -0.15) is 0 Å². The standard InChI is InChI=1S/C19H28N2O3/c22-11-10-19(8-4-9-19)21-18(23)20-17(13-15-7-12-24-14-15)16-5-2-1-3-6-16/h1-3,5-6,15,17,22H,4,7-14H2,(H2,20,21,23)/t15-,17-/m0/s1. The largest absolute Gasteiger partial charge is 0.396 e. The van der Waals surface area contributed by atoms with Gasteiger partial charge in [0.2, 0.25) is 0 Å². The Morgan fingerprint density at radius 1 is 1.33 bits per heavy atom. The fourth-order valence-electron chi connectivity index (χ4n) is 3.76. The third kappa shape index (κ3) is 4.28. The van der Waals surface area contributed by atoms with E-state index in [-0.39, 0.29) is 24.2 Å². The second-order valence-electron chi connectivity index (χ2n) is 7.13. The molecule has 0 unspecified atom stereocenters. The highest BCUT2D eigenvalue weighted by atomic mass is 16.5. The van der Waals surface area contributed by atoms with E-state index < -0.39 is 0 Å². The summed E-state index contributed by atoms with van der Waals surface area (Å²) in [6.45, 7) is 1.71. The van der Waals surface area contributed by atoms with Crippen molar-refractivity contribution < 1.29 is 14.6 Å². The Balaban J connectivity index is 1.63. The predicted octanol–water partition coefficient (Wildman–Crippen LogP) is 2.76. The number of nitrogens with one attached hydrogen (secondary N) is 2. The number of amides is 2. The molecular formula is C19H28N2O3. The van der Waals surface area contributed by atoms with E-state index in [0.717, 1.165) is 50.9 Å². The Morgan fingerprint density at radius 2 is 2.12 bits per heavy atom. The summed E-state index contributed by atoms with van der Waals surface area (Å²) in [5.74, 6) is 0.491. The van der Waals surface area contributed by atoms with Crippen molar-refractivity contribution in [3.63, 3.8) is 0 Å². The summed E-state index contributed by atoms with van der Waals surface area (Å²) in [6.07, 6.45) is 5.60. The molecule has 1 saturated heterocycles. The molecule has 0 aromatic heterocycles. The molecule has 0 spiro atoms. The first-order valence-electron chi connectivity index (χ1n) is 9.03. The summed E-state index contributed by atoms with van der Waals surface area (Å²) < 4.78 is 5.48. The van der Waals surface area contributed by atoms with Crippen molar-refractivity contribution in [2.24, 2.45) is 5.92 Å². The summed E-state index contributed by atoms with van der Waals surface area (Å²) in [6, 6.07) is 9.99. The van der Waals surface area contributed by atoms with E-state index in [2.05, 4.69) is 22.8 Å². The molecule has 5 nitrogen and oxygen atoms in total. The first-order valence-corrected chi connectivity index (χ1v) is 9.03. The smallest absolute Gasteiger partial charge is 0.315 e. The molecule has 1 aromatic rings. The number of carbonyl (C=O) groups is 1. The highest BCUT2D eigenvalue weighted by Gasteiger charge is 2.38. The number of rotatable bonds is 7. The van der Waals surface area contributed by atoms with E-state index in [1.807, 2.05) is 18.2 Å². The van der Waals surface area contributed by atoms with Crippen LogP contribution in [0.5, 0.6) is 0 Å². The molecule has 0 bridgehead atoms. The molecule has 1 aliphatic heterocycles. The lowest BCUT2D eigenvalue weighted by Gasteiger charge is -2.42. The van der Waals surface area contributed by atoms with Crippen LogP contribution in [0.2, 0.25) is 0 Å². The number of ether oxygens (including phenoxy) is 1. The fourth-order valence-corrected chi connectivity index (χ4v) is 3.76. The minimum Gasteiger partial charge on any atom is -0.396 e. The average Bonchev–Trinajstić information content (AvgIpc) is 3.06. The van der Waals surface area contributed by atoms with Crippen LogP contribution in [0.1, 0.15) is 50.1 Å². The molecule has 2 aliphatic rings. The van der Waals surface area contributed by atoms with Crippen LogP contribution in [-0.4, -0.2) is 36.5 Å². The van der Waals surface area contributed by atoms with E-state index >= 15 is 0 Å². The van der Waals surface area contributed by atoms with Gasteiger partial charge in [-0.1, -0.05) is 30.3 Å². The van der Waals surface area contributed by atoms with Crippen LogP contribution in [0, 0.1) is 5.92 Å². The number of carbonyl (C=O) groups excluding carboxylic acids is 1. The normalized spacial score (nSPS) is 23.3. The van der Waals surface area contributed by atoms with E-state index in [1.54, 1.807) is 0 Å². The van der Waals surface area contributed by atoms with Crippen LogP contribution < -0.4 is 10.6 Å². The van der Waals surface area contributed by atoms with Crippen molar-refractivity contribution in [2.75, 3.05) is 19.8 Å². The third-order valence-corrected chi connectivity index (χ3v) is 5.38. The lowest BCUT2D eigenvalue weighted by atomic mass is 9.74. The van der Waals surface area contributed by atoms with E-state index in [0.29, 0.717) is 12.3 Å². The SMILES string of the molecule is O=C(N[C@@H](C[C@@H]1CCOC1)c1ccccc1)NC1(CCO)CCC1. The summed E-state index contributed by atoms with van der Waals surface area (Å²) in [7, 11) is 0. The minimum absolute atomic E-state index is 0.0100. The Bertz CT molecular complexity index is 525. The van der Waals surface area contributed by atoms with E-state index in [1.165, 1.54) is 0 Å². The van der Waals surface area contributed by atoms with Gasteiger partial charge in [0, 0.05) is 25.4 Å². The van der Waals surface area contributed by atoms with Gasteiger partial charge in [0.05, 0.1) is 6.04 Å². The molecule has 2 atom stereocenters. The zero-order valence-corrected chi connectivity index (χ0v) is 14.2. The van der Waals surface area contributed by atoms with Gasteiger partial charge in [0.25, 0.3) is 0 Å². The molecule has 1 aliphatic carbocycles. The lowest BCUT2D eigenvalue weighted by molar-refractivity contribution is 0.134. The number of aliphatic hydroxyl groups is 1. The highest BCUT2D eigenvalue weighted by molar-refractivity contribution is 5.75. The monoisotopic (exact) mass is 332 g/mol. The first-order chi connectivity index (χ1) is 11.7. The van der Waals surface area contributed by atoms with Crippen LogP contribution in [0.25, 0.3) is 0 Å². The second-order valence-corrected chi connectivity index (χ2v) is 7.13. The Hall–Kier alpha value is -1.59. The second kappa shape index (κ2) is 7.99. The molecule has 132 valence electrons. The van der Waals surface area contributed by atoms with Crippen LogP contribution in [0.15, 0.2) is 30.3 Å². The van der Waals surface area contributed by atoms with E-state index in [4.69, 9.17) is 4.74 Å². The number of aliphatic hydroxyl groups excluding tert-OH is 1. The van der Waals surface area contributed by atoms with Gasteiger partial charge < -0.3 is 20.5 Å². The lowest BCUT2D eigenvalue weighted by Crippen LogP contribution is -2.57. The summed E-state index contributed by atoms with van der Waals surface area (Å²) in [5, 5.41) is 15.5. The molecule has 1 heterocycles. The molecule has 1 saturated carbocycles. The van der Waals surface area contributed by atoms with Crippen molar-refractivity contribution in [1.29, 1.82) is 0 Å². The summed E-state index contributed by atoms with van der Waals surface area (Å²) in [4.78, 5) is 12.5. The maximum Gasteiger partial charge on any atom is 0.315 e. The molecule has 2 fully saturated rings. The molecule has 24 heavy (non-hydrogen) atoms. The third-order valence-electron chi connectivity index (χ3n) is 5.38. The molecule has 3 N–H and O–H groups in total. The number of hydrogen-bond donors (Lipinski definition) is 3. The zero-order valence-electron chi connectivity index (χ0n) is 14.2. The predicted molar refractivity (Wildman–Crippen MR) is 92.7 cm³/mol. The summed E-state index contributed by atoms with van der Waals surface area (Å²) >= 11 is 0. The van der Waals surface area contributed by atoms with Crippen LogP contribution in [-0.2, 0) is 4.74 Å². The minimum atomic E-state index is -0.212. The van der Waals surface area contributed by atoms with Gasteiger partial charge in [-0.15, -0.1) is 0 Å². The van der Waals surface area contributed by atoms with Crippen molar-refractivity contribution >= 4 is 6.03 Å². The Kier molecular flexibility index (Phi) is 5.74. The average molecular weight is 332 g/mol. The highest BCUT2D eigenvalue weighted by Crippen LogP contribution is 2.35. The van der Waals surface area contributed by atoms with Crippen molar-refractivity contribution in [2.45, 2.75) is 50.1 Å². The molecule has 2 amide bonds. The Labute approximate surface area is 143 Å². The first kappa shape index (κ1) is 17.2. The van der Waals surface area contributed by atoms with Crippen molar-refractivity contribution in [3.05, 3.63) is 35.9 Å². The van der Waals surface area contributed by atoms with Crippen molar-refractivity contribution in [3.8, 4) is 0 Å². The zero-order chi connectivity index (χ0) is 16.8. The van der Waals surface area contributed by atoms with E-state index in [9.17, 15) is 9.90 Å². The van der Waals surface area contributed by atoms with Gasteiger partial charge >= 0.3 is 6.03 Å². The van der Waals surface area contributed by atoms with Gasteiger partial charge in [0.1, 0.15) is 0 Å². The molecule has 1 aromatic carbocycles. The molecule has 3 rings (SSSR count).